The van der Waals surface area contributed by atoms with E-state index in [9.17, 15) is 0 Å². The zero-order chi connectivity index (χ0) is 23.8. The van der Waals surface area contributed by atoms with Crippen molar-refractivity contribution >= 4 is 11.0 Å². The van der Waals surface area contributed by atoms with Crippen molar-refractivity contribution in [1.82, 2.24) is 25.1 Å². The molecule has 6 heteroatoms. The first-order valence-corrected chi connectivity index (χ1v) is 12.1. The predicted molar refractivity (Wildman–Crippen MR) is 139 cm³/mol. The summed E-state index contributed by atoms with van der Waals surface area (Å²) in [5.74, 6) is 2.56. The molecular formula is C29H29N5O. The van der Waals surface area contributed by atoms with Gasteiger partial charge in [0.15, 0.2) is 0 Å². The molecule has 3 heterocycles. The Morgan fingerprint density at radius 3 is 2.51 bits per heavy atom. The molecule has 6 nitrogen and oxygen atoms in total. The lowest BCUT2D eigenvalue weighted by atomic mass is 9.88. The fourth-order valence-corrected chi connectivity index (χ4v) is 5.34. The number of H-pyrrole nitrogens is 2. The maximum absolute atomic E-state index is 5.40. The second-order valence-corrected chi connectivity index (χ2v) is 9.43. The molecule has 2 atom stereocenters. The number of fused-ring (bicyclic) bond motifs is 1. The number of ether oxygens (including phenoxy) is 1. The molecule has 0 spiro atoms. The van der Waals surface area contributed by atoms with Crippen LogP contribution in [0, 0.1) is 6.92 Å². The van der Waals surface area contributed by atoms with Gasteiger partial charge < -0.3 is 9.72 Å². The van der Waals surface area contributed by atoms with Gasteiger partial charge in [-0.05, 0) is 47.9 Å². The smallest absolute Gasteiger partial charge is 0.118 e. The molecule has 0 amide bonds. The van der Waals surface area contributed by atoms with Crippen molar-refractivity contribution in [1.29, 1.82) is 0 Å². The highest BCUT2D eigenvalue weighted by atomic mass is 16.5. The van der Waals surface area contributed by atoms with E-state index in [1.807, 2.05) is 13.1 Å². The average molecular weight is 464 g/mol. The van der Waals surface area contributed by atoms with Crippen molar-refractivity contribution in [2.24, 2.45) is 0 Å². The summed E-state index contributed by atoms with van der Waals surface area (Å²) in [4.78, 5) is 11.3. The number of rotatable bonds is 6. The van der Waals surface area contributed by atoms with Crippen LogP contribution in [0.4, 0.5) is 0 Å². The molecule has 2 aromatic heterocycles. The van der Waals surface area contributed by atoms with E-state index in [0.717, 1.165) is 59.1 Å². The number of nitrogens with zero attached hydrogens (tertiary/aromatic N) is 3. The molecule has 1 aliphatic heterocycles. The number of hydrogen-bond acceptors (Lipinski definition) is 4. The Labute approximate surface area is 205 Å². The number of nitrogens with one attached hydrogen (secondary N) is 2. The number of aryl methyl sites for hydroxylation is 1. The normalized spacial score (nSPS) is 18.3. The second kappa shape index (κ2) is 9.04. The molecule has 35 heavy (non-hydrogen) atoms. The summed E-state index contributed by atoms with van der Waals surface area (Å²) in [6.45, 7) is 4.93. The molecule has 176 valence electrons. The standard InChI is InChI=1S/C29H29N5O/c1-19-24(15-30-33-19)22-10-13-27-28(14-22)32-29(31-27)26-18-34(16-20-6-4-3-5-7-20)17-25(26)21-8-11-23(35-2)12-9-21/h3-15,25-26H,16-18H2,1-2H3,(H,30,33)(H,31,32)/t25?,26-/m0/s1. The van der Waals surface area contributed by atoms with Crippen molar-refractivity contribution in [2.45, 2.75) is 25.3 Å². The molecule has 0 saturated carbocycles. The SMILES string of the molecule is COc1ccc(C2CN(Cc3ccccc3)C[C@@H]2c2nc3ccc(-c4cn[nH]c4C)cc3[nH]2)cc1. The second-order valence-electron chi connectivity index (χ2n) is 9.43. The first-order chi connectivity index (χ1) is 17.2. The first kappa shape index (κ1) is 21.6. The molecule has 3 aromatic carbocycles. The Kier molecular flexibility index (Phi) is 5.58. The third-order valence-corrected chi connectivity index (χ3v) is 7.18. The van der Waals surface area contributed by atoms with Gasteiger partial charge in [-0.25, -0.2) is 4.98 Å². The fourth-order valence-electron chi connectivity index (χ4n) is 5.34. The highest BCUT2D eigenvalue weighted by Crippen LogP contribution is 2.40. The first-order valence-electron chi connectivity index (χ1n) is 12.1. The summed E-state index contributed by atoms with van der Waals surface area (Å²) in [5.41, 5.74) is 8.05. The van der Waals surface area contributed by atoms with Crippen molar-refractivity contribution in [3.05, 3.63) is 102 Å². The molecule has 1 fully saturated rings. The Morgan fingerprint density at radius 1 is 0.971 bits per heavy atom. The number of imidazole rings is 1. The van der Waals surface area contributed by atoms with Gasteiger partial charge in [-0.1, -0.05) is 48.5 Å². The van der Waals surface area contributed by atoms with E-state index >= 15 is 0 Å². The summed E-state index contributed by atoms with van der Waals surface area (Å²) >= 11 is 0. The molecule has 0 radical (unpaired) electrons. The van der Waals surface area contributed by atoms with Crippen LogP contribution in [0.25, 0.3) is 22.2 Å². The maximum Gasteiger partial charge on any atom is 0.118 e. The van der Waals surface area contributed by atoms with Crippen LogP contribution in [-0.2, 0) is 6.54 Å². The number of benzene rings is 3. The number of likely N-dealkylation sites (tertiary alicyclic amines) is 1. The van der Waals surface area contributed by atoms with E-state index in [1.165, 1.54) is 11.1 Å². The lowest BCUT2D eigenvalue weighted by Gasteiger charge is -2.17. The van der Waals surface area contributed by atoms with Crippen molar-refractivity contribution < 1.29 is 4.74 Å². The van der Waals surface area contributed by atoms with Gasteiger partial charge >= 0.3 is 0 Å². The Balaban J connectivity index is 1.34. The van der Waals surface area contributed by atoms with Gasteiger partial charge in [-0.2, -0.15) is 5.10 Å². The van der Waals surface area contributed by atoms with Gasteiger partial charge in [0.25, 0.3) is 0 Å². The monoisotopic (exact) mass is 463 g/mol. The minimum absolute atomic E-state index is 0.276. The maximum atomic E-state index is 5.40. The Hall–Kier alpha value is -3.90. The van der Waals surface area contributed by atoms with Crippen molar-refractivity contribution in [3.63, 3.8) is 0 Å². The highest BCUT2D eigenvalue weighted by molar-refractivity contribution is 5.82. The van der Waals surface area contributed by atoms with Crippen LogP contribution in [0.5, 0.6) is 5.75 Å². The van der Waals surface area contributed by atoms with Crippen LogP contribution in [0.15, 0.2) is 79.0 Å². The van der Waals surface area contributed by atoms with E-state index in [2.05, 4.69) is 92.9 Å². The number of methoxy groups -OCH3 is 1. The van der Waals surface area contributed by atoms with Crippen LogP contribution in [0.3, 0.4) is 0 Å². The lowest BCUT2D eigenvalue weighted by molar-refractivity contribution is 0.323. The van der Waals surface area contributed by atoms with Crippen LogP contribution in [0.1, 0.15) is 34.5 Å². The van der Waals surface area contributed by atoms with Crippen molar-refractivity contribution in [3.8, 4) is 16.9 Å². The molecule has 2 N–H and O–H groups in total. The van der Waals surface area contributed by atoms with Gasteiger partial charge in [-0.3, -0.25) is 10.00 Å². The third-order valence-electron chi connectivity index (χ3n) is 7.18. The van der Waals surface area contributed by atoms with Crippen LogP contribution < -0.4 is 4.74 Å². The van der Waals surface area contributed by atoms with Crippen LogP contribution in [0.2, 0.25) is 0 Å². The predicted octanol–water partition coefficient (Wildman–Crippen LogP) is 5.65. The van der Waals surface area contributed by atoms with Gasteiger partial charge in [0.1, 0.15) is 11.6 Å². The quantitative estimate of drug-likeness (QED) is 0.341. The highest BCUT2D eigenvalue weighted by Gasteiger charge is 2.36. The summed E-state index contributed by atoms with van der Waals surface area (Å²) in [6.07, 6.45) is 1.88. The van der Waals surface area contributed by atoms with E-state index in [1.54, 1.807) is 7.11 Å². The molecule has 1 aliphatic rings. The van der Waals surface area contributed by atoms with Crippen LogP contribution >= 0.6 is 0 Å². The van der Waals surface area contributed by atoms with E-state index < -0.39 is 0 Å². The van der Waals surface area contributed by atoms with E-state index in [4.69, 9.17) is 9.72 Å². The molecule has 6 rings (SSSR count). The zero-order valence-corrected chi connectivity index (χ0v) is 20.0. The summed E-state index contributed by atoms with van der Waals surface area (Å²) in [7, 11) is 1.71. The molecule has 0 aliphatic carbocycles. The zero-order valence-electron chi connectivity index (χ0n) is 20.0. The van der Waals surface area contributed by atoms with Gasteiger partial charge in [0.2, 0.25) is 0 Å². The summed E-state index contributed by atoms with van der Waals surface area (Å²) in [5, 5.41) is 7.21. The average Bonchev–Trinajstić information content (AvgIpc) is 3.62. The Morgan fingerprint density at radius 2 is 1.77 bits per heavy atom. The molecule has 1 unspecified atom stereocenters. The topological polar surface area (TPSA) is 69.8 Å². The molecule has 0 bridgehead atoms. The Bertz CT molecular complexity index is 1440. The summed E-state index contributed by atoms with van der Waals surface area (Å²) in [6, 6.07) is 25.6. The number of aromatic nitrogens is 4. The van der Waals surface area contributed by atoms with E-state index in [0.29, 0.717) is 5.92 Å². The molecule has 1 saturated heterocycles. The van der Waals surface area contributed by atoms with Gasteiger partial charge in [-0.15, -0.1) is 0 Å². The molecule has 5 aromatic rings. The van der Waals surface area contributed by atoms with E-state index in [-0.39, 0.29) is 5.92 Å². The van der Waals surface area contributed by atoms with Crippen molar-refractivity contribution in [2.75, 3.05) is 20.2 Å². The fraction of sp³-hybridized carbons (Fsp3) is 0.241. The third kappa shape index (κ3) is 4.21. The number of hydrogen-bond donors (Lipinski definition) is 2. The molecular weight excluding hydrogens is 434 g/mol. The van der Waals surface area contributed by atoms with Gasteiger partial charge in [0, 0.05) is 42.7 Å². The van der Waals surface area contributed by atoms with Gasteiger partial charge in [0.05, 0.1) is 24.3 Å². The minimum Gasteiger partial charge on any atom is -0.497 e. The van der Waals surface area contributed by atoms with Crippen LogP contribution in [-0.4, -0.2) is 45.3 Å². The summed E-state index contributed by atoms with van der Waals surface area (Å²) < 4.78 is 5.40. The minimum atomic E-state index is 0.276. The largest absolute Gasteiger partial charge is 0.497 e. The lowest BCUT2D eigenvalue weighted by Crippen LogP contribution is -2.20. The number of aromatic amines is 2.